The summed E-state index contributed by atoms with van der Waals surface area (Å²) in [5.41, 5.74) is -0.129. The van der Waals surface area contributed by atoms with Crippen molar-refractivity contribution in [3.05, 3.63) is 16.6 Å². The Morgan fingerprint density at radius 2 is 2.24 bits per heavy atom. The Kier molecular flexibility index (Phi) is 5.55. The Morgan fingerprint density at radius 1 is 1.52 bits per heavy atom. The normalized spacial score (nSPS) is 17.8. The Balaban J connectivity index is 2.05. The molecule has 0 saturated carbocycles. The highest BCUT2D eigenvalue weighted by Crippen LogP contribution is 2.34. The molecule has 0 unspecified atom stereocenters. The van der Waals surface area contributed by atoms with Crippen molar-refractivity contribution < 1.29 is 9.53 Å². The average Bonchev–Trinajstić information content (AvgIpc) is 3.02. The second-order valence-electron chi connectivity index (χ2n) is 5.50. The number of amides is 2. The maximum Gasteiger partial charge on any atom is 0.319 e. The number of hydrogen-bond acceptors (Lipinski definition) is 5. The lowest BCUT2D eigenvalue weighted by Gasteiger charge is -2.42. The largest absolute Gasteiger partial charge is 0.383 e. The van der Waals surface area contributed by atoms with Crippen LogP contribution in [0.15, 0.2) is 11.6 Å². The average molecular weight is 312 g/mol. The van der Waals surface area contributed by atoms with Gasteiger partial charge >= 0.3 is 6.03 Å². The van der Waals surface area contributed by atoms with Gasteiger partial charge < -0.3 is 19.9 Å². The molecule has 7 heteroatoms. The summed E-state index contributed by atoms with van der Waals surface area (Å²) in [5, 5.41) is 6.71. The first-order valence-corrected chi connectivity index (χ1v) is 8.07. The van der Waals surface area contributed by atoms with Crippen LogP contribution in [0.2, 0.25) is 0 Å². The van der Waals surface area contributed by atoms with Gasteiger partial charge in [0.1, 0.15) is 5.01 Å². The number of likely N-dealkylation sites (tertiary alicyclic amines) is 1. The summed E-state index contributed by atoms with van der Waals surface area (Å²) < 4.78 is 5.14. The summed E-state index contributed by atoms with van der Waals surface area (Å²) in [6, 6.07) is 0.0830. The number of carbonyl (C=O) groups excluding carboxylic acids is 1. The molecule has 1 aliphatic rings. The van der Waals surface area contributed by atoms with E-state index in [1.54, 1.807) is 37.4 Å². The number of thiazole rings is 1. The smallest absolute Gasteiger partial charge is 0.319 e. The predicted molar refractivity (Wildman–Crippen MR) is 83.6 cm³/mol. The van der Waals surface area contributed by atoms with E-state index in [-0.39, 0.29) is 11.6 Å². The molecule has 1 N–H and O–H groups in total. The Bertz CT molecular complexity index is 442. The highest BCUT2D eigenvalue weighted by Gasteiger charge is 2.39. The van der Waals surface area contributed by atoms with Gasteiger partial charge in [0, 0.05) is 52.4 Å². The molecule has 2 amide bonds. The van der Waals surface area contributed by atoms with Crippen LogP contribution in [0, 0.1) is 0 Å². The van der Waals surface area contributed by atoms with Crippen molar-refractivity contribution in [2.24, 2.45) is 0 Å². The van der Waals surface area contributed by atoms with E-state index in [0.29, 0.717) is 6.61 Å². The van der Waals surface area contributed by atoms with Crippen LogP contribution in [0.1, 0.15) is 17.8 Å². The molecule has 0 aromatic carbocycles. The van der Waals surface area contributed by atoms with Crippen molar-refractivity contribution in [2.75, 3.05) is 47.4 Å². The minimum absolute atomic E-state index is 0.0830. The first-order valence-electron chi connectivity index (χ1n) is 7.19. The fourth-order valence-electron chi connectivity index (χ4n) is 2.68. The van der Waals surface area contributed by atoms with E-state index in [0.717, 1.165) is 37.5 Å². The maximum absolute atomic E-state index is 12.1. The van der Waals surface area contributed by atoms with Crippen molar-refractivity contribution in [3.63, 3.8) is 0 Å². The summed E-state index contributed by atoms with van der Waals surface area (Å²) in [5.74, 6) is 0. The van der Waals surface area contributed by atoms with E-state index < -0.39 is 0 Å². The fraction of sp³-hybridized carbons (Fsp3) is 0.714. The molecule has 1 aromatic rings. The summed E-state index contributed by atoms with van der Waals surface area (Å²) >= 11 is 1.67. The van der Waals surface area contributed by atoms with Crippen molar-refractivity contribution >= 4 is 17.4 Å². The zero-order chi connectivity index (χ0) is 15.3. The summed E-state index contributed by atoms with van der Waals surface area (Å²) in [6.45, 7) is 2.96. The van der Waals surface area contributed by atoms with Crippen molar-refractivity contribution in [2.45, 2.75) is 18.4 Å². The van der Waals surface area contributed by atoms with Crippen LogP contribution in [0.5, 0.6) is 0 Å². The summed E-state index contributed by atoms with van der Waals surface area (Å²) in [6.07, 6.45) is 3.60. The number of methoxy groups -OCH3 is 1. The summed E-state index contributed by atoms with van der Waals surface area (Å²) in [4.78, 5) is 20.1. The third kappa shape index (κ3) is 3.72. The molecule has 0 radical (unpaired) electrons. The number of aromatic nitrogens is 1. The maximum atomic E-state index is 12.1. The van der Waals surface area contributed by atoms with Crippen LogP contribution in [0.3, 0.4) is 0 Å². The summed E-state index contributed by atoms with van der Waals surface area (Å²) in [7, 11) is 5.29. The molecule has 1 saturated heterocycles. The third-order valence-corrected chi connectivity index (χ3v) is 4.86. The lowest BCUT2D eigenvalue weighted by molar-refractivity contribution is 0.115. The van der Waals surface area contributed by atoms with Crippen molar-refractivity contribution in [1.82, 2.24) is 20.1 Å². The quantitative estimate of drug-likeness (QED) is 0.834. The van der Waals surface area contributed by atoms with E-state index in [9.17, 15) is 4.79 Å². The van der Waals surface area contributed by atoms with Crippen LogP contribution in [-0.4, -0.2) is 68.3 Å². The Morgan fingerprint density at radius 3 is 2.76 bits per heavy atom. The van der Waals surface area contributed by atoms with Gasteiger partial charge in [-0.3, -0.25) is 0 Å². The Labute approximate surface area is 130 Å². The first kappa shape index (κ1) is 16.2. The minimum Gasteiger partial charge on any atom is -0.383 e. The van der Waals surface area contributed by atoms with Gasteiger partial charge in [-0.05, 0) is 12.8 Å². The number of hydrogen-bond donors (Lipinski definition) is 1. The standard InChI is InChI=1S/C14H24N4O2S/c1-17(2)13(19)18-8-4-14(5-9-18,16-6-10-20-3)12-15-7-11-21-12/h7,11,16H,4-6,8-10H2,1-3H3. The minimum atomic E-state index is -0.129. The van der Waals surface area contributed by atoms with Crippen LogP contribution in [0.4, 0.5) is 4.79 Å². The number of urea groups is 1. The fourth-order valence-corrected chi connectivity index (χ4v) is 3.56. The molecule has 1 aromatic heterocycles. The zero-order valence-corrected chi connectivity index (χ0v) is 13.8. The van der Waals surface area contributed by atoms with Crippen LogP contribution in [-0.2, 0) is 10.3 Å². The van der Waals surface area contributed by atoms with Crippen molar-refractivity contribution in [1.29, 1.82) is 0 Å². The topological polar surface area (TPSA) is 57.7 Å². The highest BCUT2D eigenvalue weighted by molar-refractivity contribution is 7.09. The molecule has 1 aliphatic heterocycles. The number of nitrogens with zero attached hydrogens (tertiary/aromatic N) is 3. The molecule has 6 nitrogen and oxygen atoms in total. The highest BCUT2D eigenvalue weighted by atomic mass is 32.1. The van der Waals surface area contributed by atoms with Gasteiger partial charge in [0.2, 0.25) is 0 Å². The van der Waals surface area contributed by atoms with E-state index in [4.69, 9.17) is 4.74 Å². The molecule has 0 spiro atoms. The van der Waals surface area contributed by atoms with Gasteiger partial charge in [0.25, 0.3) is 0 Å². The predicted octanol–water partition coefficient (Wildman–Crippen LogP) is 1.35. The van der Waals surface area contributed by atoms with Gasteiger partial charge in [0.05, 0.1) is 12.1 Å². The second kappa shape index (κ2) is 7.20. The first-order chi connectivity index (χ1) is 10.1. The van der Waals surface area contributed by atoms with Gasteiger partial charge in [-0.2, -0.15) is 0 Å². The number of ether oxygens (including phenoxy) is 1. The molecule has 21 heavy (non-hydrogen) atoms. The lowest BCUT2D eigenvalue weighted by atomic mass is 9.88. The second-order valence-corrected chi connectivity index (χ2v) is 6.40. The van der Waals surface area contributed by atoms with Gasteiger partial charge in [-0.1, -0.05) is 0 Å². The molecular weight excluding hydrogens is 288 g/mol. The molecule has 0 atom stereocenters. The number of piperidine rings is 1. The molecule has 1 fully saturated rings. The number of rotatable bonds is 5. The molecule has 118 valence electrons. The number of nitrogens with one attached hydrogen (secondary N) is 1. The van der Waals surface area contributed by atoms with E-state index in [1.165, 1.54) is 0 Å². The zero-order valence-electron chi connectivity index (χ0n) is 13.0. The monoisotopic (exact) mass is 312 g/mol. The molecule has 0 aliphatic carbocycles. The van der Waals surface area contributed by atoms with Crippen LogP contribution >= 0.6 is 11.3 Å². The Hall–Kier alpha value is -1.18. The van der Waals surface area contributed by atoms with Gasteiger partial charge in [-0.25, -0.2) is 9.78 Å². The van der Waals surface area contributed by atoms with E-state index >= 15 is 0 Å². The van der Waals surface area contributed by atoms with E-state index in [1.807, 2.05) is 16.5 Å². The van der Waals surface area contributed by atoms with E-state index in [2.05, 4.69) is 10.3 Å². The molecule has 2 heterocycles. The van der Waals surface area contributed by atoms with Crippen molar-refractivity contribution in [3.8, 4) is 0 Å². The van der Waals surface area contributed by atoms with Crippen LogP contribution in [0.25, 0.3) is 0 Å². The lowest BCUT2D eigenvalue weighted by Crippen LogP contribution is -2.54. The van der Waals surface area contributed by atoms with Crippen LogP contribution < -0.4 is 5.32 Å². The SMILES string of the molecule is COCCNC1(c2nccs2)CCN(C(=O)N(C)C)CC1. The molecule has 2 rings (SSSR count). The number of carbonyl (C=O) groups is 1. The van der Waals surface area contributed by atoms with Gasteiger partial charge in [-0.15, -0.1) is 11.3 Å². The third-order valence-electron chi connectivity index (χ3n) is 3.88. The molecule has 0 bridgehead atoms. The molecular formula is C14H24N4O2S. The van der Waals surface area contributed by atoms with Gasteiger partial charge in [0.15, 0.2) is 0 Å².